The first-order chi connectivity index (χ1) is 11.0. The number of nitrogens with one attached hydrogen (secondary N) is 1. The van der Waals surface area contributed by atoms with E-state index in [2.05, 4.69) is 43.3 Å². The number of thiol groups is 1. The van der Waals surface area contributed by atoms with Crippen LogP contribution in [0.25, 0.3) is 0 Å². The van der Waals surface area contributed by atoms with Gasteiger partial charge < -0.3 is 14.8 Å². The molecule has 6 nitrogen and oxygen atoms in total. The summed E-state index contributed by atoms with van der Waals surface area (Å²) in [5.41, 5.74) is 0.399. The highest BCUT2D eigenvalue weighted by Gasteiger charge is 2.23. The minimum atomic E-state index is -0.902. The van der Waals surface area contributed by atoms with E-state index >= 15 is 0 Å². The van der Waals surface area contributed by atoms with Gasteiger partial charge in [0.2, 0.25) is 0 Å². The van der Waals surface area contributed by atoms with Crippen molar-refractivity contribution in [3.8, 4) is 0 Å². The molecule has 1 rings (SSSR count). The van der Waals surface area contributed by atoms with Gasteiger partial charge >= 0.3 is 11.9 Å². The van der Waals surface area contributed by atoms with Gasteiger partial charge in [-0.1, -0.05) is 22.0 Å². The van der Waals surface area contributed by atoms with E-state index in [0.29, 0.717) is 5.56 Å². The lowest BCUT2D eigenvalue weighted by atomic mass is 10.1. The van der Waals surface area contributed by atoms with Crippen molar-refractivity contribution >= 4 is 46.4 Å². The van der Waals surface area contributed by atoms with Gasteiger partial charge in [-0.2, -0.15) is 12.6 Å². The van der Waals surface area contributed by atoms with Crippen LogP contribution in [0.5, 0.6) is 0 Å². The number of esters is 2. The Bertz CT molecular complexity index is 538. The molecule has 0 saturated carbocycles. The van der Waals surface area contributed by atoms with E-state index in [-0.39, 0.29) is 12.8 Å². The third-order valence-electron chi connectivity index (χ3n) is 2.74. The van der Waals surface area contributed by atoms with E-state index in [1.54, 1.807) is 30.5 Å². The van der Waals surface area contributed by atoms with Crippen LogP contribution in [0.1, 0.15) is 23.2 Å². The average molecular weight is 406 g/mol. The number of hydrogen-bond acceptors (Lipinski definition) is 6. The summed E-state index contributed by atoms with van der Waals surface area (Å²) >= 11 is 6.79. The third kappa shape index (κ3) is 8.03. The van der Waals surface area contributed by atoms with Crippen LogP contribution in [0.15, 0.2) is 28.7 Å². The predicted octanol–water partition coefficient (Wildman–Crippen LogP) is 2.22. The first-order valence-electron chi connectivity index (χ1n) is 6.63. The van der Waals surface area contributed by atoms with Crippen LogP contribution in [0.3, 0.4) is 0 Å². The number of amides is 1. The molecule has 0 heterocycles. The summed E-state index contributed by atoms with van der Waals surface area (Å²) in [6, 6.07) is 5.84. The molecule has 23 heavy (non-hydrogen) atoms. The Morgan fingerprint density at radius 2 is 1.87 bits per heavy atom. The number of ether oxygens (including phenoxy) is 2. The molecule has 1 aromatic carbocycles. The van der Waals surface area contributed by atoms with E-state index < -0.39 is 23.9 Å². The monoisotopic (exact) mass is 405 g/mol. The average Bonchev–Trinajstić information content (AvgIpc) is 2.58. The van der Waals surface area contributed by atoms with E-state index in [1.807, 2.05) is 0 Å². The van der Waals surface area contributed by atoms with Gasteiger partial charge in [-0.3, -0.25) is 9.59 Å². The number of halogens is 1. The normalized spacial score (nSPS) is 10.7. The molecule has 0 aliphatic heterocycles. The second kappa shape index (κ2) is 12.0. The SMILES string of the molecule is COC(=O)CC[C@H](NC(=O)c1cccc(Br)c1)C(=O)OC.CS. The maximum Gasteiger partial charge on any atom is 0.328 e. The van der Waals surface area contributed by atoms with Crippen LogP contribution in [-0.2, 0) is 19.1 Å². The summed E-state index contributed by atoms with van der Waals surface area (Å²) in [5, 5.41) is 2.55. The van der Waals surface area contributed by atoms with Crippen molar-refractivity contribution < 1.29 is 23.9 Å². The van der Waals surface area contributed by atoms with Crippen molar-refractivity contribution in [3.05, 3.63) is 34.3 Å². The fourth-order valence-corrected chi connectivity index (χ4v) is 2.03. The van der Waals surface area contributed by atoms with Gasteiger partial charge in [0.05, 0.1) is 14.2 Å². The van der Waals surface area contributed by atoms with Crippen molar-refractivity contribution in [3.63, 3.8) is 0 Å². The molecule has 0 spiro atoms. The quantitative estimate of drug-likeness (QED) is 0.559. The van der Waals surface area contributed by atoms with Crippen molar-refractivity contribution in [1.29, 1.82) is 0 Å². The fraction of sp³-hybridized carbons (Fsp3) is 0.400. The van der Waals surface area contributed by atoms with Crippen molar-refractivity contribution in [2.75, 3.05) is 20.5 Å². The maximum absolute atomic E-state index is 12.1. The van der Waals surface area contributed by atoms with Crippen molar-refractivity contribution in [1.82, 2.24) is 5.32 Å². The van der Waals surface area contributed by atoms with Crippen LogP contribution in [-0.4, -0.2) is 44.4 Å². The Hall–Kier alpha value is -1.54. The van der Waals surface area contributed by atoms with Gasteiger partial charge in [0, 0.05) is 16.5 Å². The molecule has 0 bridgehead atoms. The van der Waals surface area contributed by atoms with Crippen molar-refractivity contribution in [2.24, 2.45) is 0 Å². The maximum atomic E-state index is 12.1. The van der Waals surface area contributed by atoms with Crippen LogP contribution >= 0.6 is 28.6 Å². The highest BCUT2D eigenvalue weighted by Crippen LogP contribution is 2.12. The Kier molecular flexibility index (Phi) is 11.2. The van der Waals surface area contributed by atoms with Crippen LogP contribution < -0.4 is 5.32 Å². The number of rotatable bonds is 6. The molecule has 0 radical (unpaired) electrons. The second-order valence-corrected chi connectivity index (χ2v) is 5.09. The lowest BCUT2D eigenvalue weighted by molar-refractivity contribution is -0.144. The Labute approximate surface area is 149 Å². The molecule has 0 fully saturated rings. The van der Waals surface area contributed by atoms with E-state index in [9.17, 15) is 14.4 Å². The summed E-state index contributed by atoms with van der Waals surface area (Å²) in [7, 11) is 2.48. The Morgan fingerprint density at radius 1 is 1.22 bits per heavy atom. The summed E-state index contributed by atoms with van der Waals surface area (Å²) in [5.74, 6) is -1.49. The molecule has 0 aliphatic rings. The highest BCUT2D eigenvalue weighted by atomic mass is 79.9. The number of benzene rings is 1. The first kappa shape index (κ1) is 21.5. The van der Waals surface area contributed by atoms with Gasteiger partial charge in [0.1, 0.15) is 6.04 Å². The smallest absolute Gasteiger partial charge is 0.328 e. The molecule has 8 heteroatoms. The number of carbonyl (C=O) groups is 3. The molecule has 1 N–H and O–H groups in total. The molecule has 0 aliphatic carbocycles. The first-order valence-corrected chi connectivity index (χ1v) is 8.32. The topological polar surface area (TPSA) is 81.7 Å². The third-order valence-corrected chi connectivity index (χ3v) is 3.24. The highest BCUT2D eigenvalue weighted by molar-refractivity contribution is 9.10. The molecule has 128 valence electrons. The van der Waals surface area contributed by atoms with E-state index in [4.69, 9.17) is 0 Å². The Morgan fingerprint density at radius 3 is 2.39 bits per heavy atom. The van der Waals surface area contributed by atoms with Crippen molar-refractivity contribution in [2.45, 2.75) is 18.9 Å². The summed E-state index contributed by atoms with van der Waals surface area (Å²) in [4.78, 5) is 34.9. The van der Waals surface area contributed by atoms with Crippen LogP contribution in [0.2, 0.25) is 0 Å². The largest absolute Gasteiger partial charge is 0.469 e. The lowest BCUT2D eigenvalue weighted by Crippen LogP contribution is -2.41. The van der Waals surface area contributed by atoms with Gasteiger partial charge in [-0.25, -0.2) is 4.79 Å². The van der Waals surface area contributed by atoms with Gasteiger partial charge in [0.15, 0.2) is 0 Å². The Balaban J connectivity index is 0.00000232. The summed E-state index contributed by atoms with van der Waals surface area (Å²) in [6.45, 7) is 0. The van der Waals surface area contributed by atoms with E-state index in [0.717, 1.165) is 4.47 Å². The lowest BCUT2D eigenvalue weighted by Gasteiger charge is -2.16. The predicted molar refractivity (Wildman–Crippen MR) is 93.6 cm³/mol. The minimum absolute atomic E-state index is 0.00896. The fourth-order valence-electron chi connectivity index (χ4n) is 1.63. The second-order valence-electron chi connectivity index (χ2n) is 4.17. The van der Waals surface area contributed by atoms with Crippen LogP contribution in [0.4, 0.5) is 0 Å². The van der Waals surface area contributed by atoms with Crippen LogP contribution in [0, 0.1) is 0 Å². The standard InChI is InChI=1S/C14H16BrNO5.CH4S/c1-20-12(17)7-6-11(14(19)21-2)16-13(18)9-4-3-5-10(15)8-9;1-2/h3-5,8,11H,6-7H2,1-2H3,(H,16,18);2H,1H3/t11-;/m0./s1. The molecule has 1 atom stereocenters. The number of methoxy groups -OCH3 is 2. The molecule has 0 unspecified atom stereocenters. The summed E-state index contributed by atoms with van der Waals surface area (Å²) < 4.78 is 9.88. The van der Waals surface area contributed by atoms with E-state index in [1.165, 1.54) is 14.2 Å². The van der Waals surface area contributed by atoms with Gasteiger partial charge in [-0.15, -0.1) is 0 Å². The molecule has 0 saturated heterocycles. The molecular formula is C15H20BrNO5S. The zero-order valence-electron chi connectivity index (χ0n) is 13.2. The number of carbonyl (C=O) groups excluding carboxylic acids is 3. The minimum Gasteiger partial charge on any atom is -0.469 e. The zero-order valence-corrected chi connectivity index (χ0v) is 15.6. The molecule has 1 aromatic rings. The molecule has 1 amide bonds. The summed E-state index contributed by atoms with van der Waals surface area (Å²) in [6.07, 6.45) is 1.81. The zero-order chi connectivity index (χ0) is 17.8. The molecular weight excluding hydrogens is 386 g/mol. The number of hydrogen-bond donors (Lipinski definition) is 2. The van der Waals surface area contributed by atoms with Gasteiger partial charge in [0.25, 0.3) is 5.91 Å². The molecule has 0 aromatic heterocycles. The van der Waals surface area contributed by atoms with Gasteiger partial charge in [-0.05, 0) is 30.9 Å².